The van der Waals surface area contributed by atoms with Crippen molar-refractivity contribution in [2.45, 2.75) is 6.61 Å². The largest absolute Gasteiger partial charge is 0.493 e. The Labute approximate surface area is 174 Å². The Morgan fingerprint density at radius 1 is 1.30 bits per heavy atom. The lowest BCUT2D eigenvalue weighted by molar-refractivity contribution is -0.143. The van der Waals surface area contributed by atoms with E-state index in [9.17, 15) is 28.0 Å². The average Bonchev–Trinajstić information content (AvgIpc) is 3.03. The van der Waals surface area contributed by atoms with E-state index in [0.29, 0.717) is 5.56 Å². The molecule has 0 bridgehead atoms. The number of rotatable bonds is 10. The van der Waals surface area contributed by atoms with Gasteiger partial charge < -0.3 is 19.5 Å². The fourth-order valence-electron chi connectivity index (χ4n) is 2.29. The monoisotopic (exact) mass is 444 g/mol. The van der Waals surface area contributed by atoms with Crippen molar-refractivity contribution in [2.24, 2.45) is 0 Å². The predicted molar refractivity (Wildman–Crippen MR) is 102 cm³/mol. The Hall–Kier alpha value is -3.15. The molecule has 0 spiro atoms. The van der Waals surface area contributed by atoms with Gasteiger partial charge in [-0.15, -0.1) is 0 Å². The molecule has 1 heterocycles. The topological polar surface area (TPSA) is 111 Å². The highest BCUT2D eigenvalue weighted by Gasteiger charge is 2.29. The first-order valence-electron chi connectivity index (χ1n) is 8.51. The molecular weight excluding hydrogens is 426 g/mol. The summed E-state index contributed by atoms with van der Waals surface area (Å²) in [6.45, 7) is -3.48. The van der Waals surface area contributed by atoms with Gasteiger partial charge in [0.05, 0.1) is 12.9 Å². The molecule has 1 fully saturated rings. The van der Waals surface area contributed by atoms with Crippen LogP contribution in [0.4, 0.5) is 13.6 Å². The number of hydrogen-bond donors (Lipinski definition) is 1. The van der Waals surface area contributed by atoms with Crippen LogP contribution in [0.25, 0.3) is 6.08 Å². The van der Waals surface area contributed by atoms with Gasteiger partial charge in [-0.2, -0.15) is 8.78 Å². The highest BCUT2D eigenvalue weighted by Crippen LogP contribution is 2.29. The Balaban J connectivity index is 1.75. The lowest BCUT2D eigenvalue weighted by Gasteiger charge is -2.12. The summed E-state index contributed by atoms with van der Waals surface area (Å²) >= 11 is 0.895. The number of nitrogens with one attached hydrogen (secondary N) is 1. The summed E-state index contributed by atoms with van der Waals surface area (Å²) in [5.41, 5.74) is 0.452. The number of thioether (sulfide) groups is 1. The van der Waals surface area contributed by atoms with Crippen LogP contribution >= 0.6 is 11.8 Å². The third-order valence-corrected chi connectivity index (χ3v) is 4.52. The van der Waals surface area contributed by atoms with Gasteiger partial charge in [0.1, 0.15) is 0 Å². The van der Waals surface area contributed by atoms with Crippen molar-refractivity contribution >= 4 is 40.9 Å². The predicted octanol–water partition coefficient (Wildman–Crippen LogP) is 1.66. The van der Waals surface area contributed by atoms with E-state index in [1.54, 1.807) is 0 Å². The molecule has 1 aliphatic rings. The molecule has 1 aromatic carbocycles. The third-order valence-electron chi connectivity index (χ3n) is 3.66. The molecule has 0 atom stereocenters. The molecule has 0 aliphatic carbocycles. The number of halogens is 2. The molecule has 2 rings (SSSR count). The zero-order valence-electron chi connectivity index (χ0n) is 15.8. The fourth-order valence-corrected chi connectivity index (χ4v) is 3.04. The molecule has 1 aromatic rings. The lowest BCUT2D eigenvalue weighted by atomic mass is 10.2. The highest BCUT2D eigenvalue weighted by molar-refractivity contribution is 8.14. The van der Waals surface area contributed by atoms with Gasteiger partial charge in [0.25, 0.3) is 11.1 Å². The van der Waals surface area contributed by atoms with Gasteiger partial charge in [0.15, 0.2) is 18.1 Å². The van der Waals surface area contributed by atoms with Gasteiger partial charge in [0, 0.05) is 19.2 Å². The molecule has 0 aromatic heterocycles. The standard InChI is InChI=1S/C18H18F2N2O7S/c1-27-13-8-11(2-4-12(13)29-17(19)20)3-5-16(25)28-9-14(23)21-6-7-22-15(24)10-30-18(22)26/h2-5,8,17H,6-7,9-10H2,1H3,(H,21,23)/b5-3+. The number of carbonyl (C=O) groups is 4. The zero-order valence-corrected chi connectivity index (χ0v) is 16.6. The van der Waals surface area contributed by atoms with Crippen molar-refractivity contribution in [3.05, 3.63) is 29.8 Å². The normalized spacial score (nSPS) is 13.8. The summed E-state index contributed by atoms with van der Waals surface area (Å²) < 4.78 is 38.7. The Kier molecular flexibility index (Phi) is 8.59. The van der Waals surface area contributed by atoms with Gasteiger partial charge >= 0.3 is 12.6 Å². The smallest absolute Gasteiger partial charge is 0.387 e. The molecule has 162 valence electrons. The first kappa shape index (κ1) is 23.1. The second kappa shape index (κ2) is 11.1. The summed E-state index contributed by atoms with van der Waals surface area (Å²) in [6, 6.07) is 4.07. The Morgan fingerprint density at radius 2 is 2.07 bits per heavy atom. The van der Waals surface area contributed by atoms with Gasteiger partial charge in [-0.3, -0.25) is 19.3 Å². The minimum atomic E-state index is -3.00. The minimum absolute atomic E-state index is 0.0388. The molecule has 1 saturated heterocycles. The van der Waals surface area contributed by atoms with Crippen LogP contribution in [0, 0.1) is 0 Å². The number of methoxy groups -OCH3 is 1. The number of benzene rings is 1. The van der Waals surface area contributed by atoms with Crippen molar-refractivity contribution in [3.8, 4) is 11.5 Å². The Morgan fingerprint density at radius 3 is 2.70 bits per heavy atom. The van der Waals surface area contributed by atoms with E-state index >= 15 is 0 Å². The quantitative estimate of drug-likeness (QED) is 0.429. The van der Waals surface area contributed by atoms with Crippen LogP contribution in [0.15, 0.2) is 24.3 Å². The van der Waals surface area contributed by atoms with E-state index in [2.05, 4.69) is 10.1 Å². The molecular formula is C18H18F2N2O7S. The van der Waals surface area contributed by atoms with E-state index in [4.69, 9.17) is 9.47 Å². The molecule has 1 aliphatic heterocycles. The van der Waals surface area contributed by atoms with Crippen LogP contribution in [0.3, 0.4) is 0 Å². The summed E-state index contributed by atoms with van der Waals surface area (Å²) in [6.07, 6.45) is 2.39. The third kappa shape index (κ3) is 7.03. The average molecular weight is 444 g/mol. The molecule has 0 unspecified atom stereocenters. The molecule has 9 nitrogen and oxygen atoms in total. The molecule has 30 heavy (non-hydrogen) atoms. The first-order chi connectivity index (χ1) is 14.3. The maximum Gasteiger partial charge on any atom is 0.387 e. The van der Waals surface area contributed by atoms with Gasteiger partial charge in [-0.1, -0.05) is 17.8 Å². The van der Waals surface area contributed by atoms with Crippen LogP contribution in [-0.2, 0) is 19.1 Å². The van der Waals surface area contributed by atoms with Crippen molar-refractivity contribution in [1.82, 2.24) is 10.2 Å². The van der Waals surface area contributed by atoms with Crippen molar-refractivity contribution in [1.29, 1.82) is 0 Å². The molecule has 3 amide bonds. The van der Waals surface area contributed by atoms with Crippen LogP contribution in [0.5, 0.6) is 11.5 Å². The van der Waals surface area contributed by atoms with Crippen molar-refractivity contribution < 1.29 is 42.2 Å². The number of imide groups is 1. The number of nitrogens with zero attached hydrogens (tertiary/aromatic N) is 1. The lowest BCUT2D eigenvalue weighted by Crippen LogP contribution is -2.38. The van der Waals surface area contributed by atoms with Gasteiger partial charge in [0.2, 0.25) is 5.91 Å². The molecule has 12 heteroatoms. The maximum atomic E-state index is 12.3. The number of ether oxygens (including phenoxy) is 3. The second-order valence-electron chi connectivity index (χ2n) is 5.68. The Bertz CT molecular complexity index is 832. The van der Waals surface area contributed by atoms with E-state index in [1.807, 2.05) is 0 Å². The van der Waals surface area contributed by atoms with Crippen LogP contribution in [0.2, 0.25) is 0 Å². The van der Waals surface area contributed by atoms with Gasteiger partial charge in [-0.25, -0.2) is 4.79 Å². The zero-order chi connectivity index (χ0) is 22.1. The van der Waals surface area contributed by atoms with Crippen LogP contribution in [0.1, 0.15) is 5.56 Å². The van der Waals surface area contributed by atoms with Gasteiger partial charge in [-0.05, 0) is 23.8 Å². The molecule has 0 radical (unpaired) electrons. The van der Waals surface area contributed by atoms with Crippen molar-refractivity contribution in [3.63, 3.8) is 0 Å². The molecule has 1 N–H and O–H groups in total. The van der Waals surface area contributed by atoms with E-state index < -0.39 is 25.1 Å². The summed E-state index contributed by atoms with van der Waals surface area (Å²) in [5.74, 6) is -1.73. The highest BCUT2D eigenvalue weighted by atomic mass is 32.2. The number of amides is 3. The van der Waals surface area contributed by atoms with E-state index in [1.165, 1.54) is 31.4 Å². The number of carbonyl (C=O) groups excluding carboxylic acids is 4. The summed E-state index contributed by atoms with van der Waals surface area (Å²) in [5, 5.41) is 2.06. The van der Waals surface area contributed by atoms with Crippen molar-refractivity contribution in [2.75, 3.05) is 32.6 Å². The second-order valence-corrected chi connectivity index (χ2v) is 6.61. The first-order valence-corrected chi connectivity index (χ1v) is 9.50. The maximum absolute atomic E-state index is 12.3. The fraction of sp³-hybridized carbons (Fsp3) is 0.333. The summed E-state index contributed by atoms with van der Waals surface area (Å²) in [4.78, 5) is 47.2. The summed E-state index contributed by atoms with van der Waals surface area (Å²) in [7, 11) is 1.28. The molecule has 0 saturated carbocycles. The van der Waals surface area contributed by atoms with E-state index in [-0.39, 0.29) is 41.5 Å². The number of alkyl halides is 2. The number of esters is 1. The SMILES string of the molecule is COc1cc(/C=C/C(=O)OCC(=O)NCCN2C(=O)CSC2=O)ccc1OC(F)F. The van der Waals surface area contributed by atoms with Crippen LogP contribution < -0.4 is 14.8 Å². The van der Waals surface area contributed by atoms with Crippen LogP contribution in [-0.4, -0.2) is 67.1 Å². The minimum Gasteiger partial charge on any atom is -0.493 e. The van der Waals surface area contributed by atoms with E-state index in [0.717, 1.165) is 22.7 Å². The number of hydrogen-bond acceptors (Lipinski definition) is 8.